The Labute approximate surface area is 158 Å². The molecule has 7 nitrogen and oxygen atoms in total. The lowest BCUT2D eigenvalue weighted by atomic mass is 10.2. The van der Waals surface area contributed by atoms with E-state index in [1.165, 1.54) is 0 Å². The maximum absolute atomic E-state index is 12.3. The van der Waals surface area contributed by atoms with E-state index in [2.05, 4.69) is 4.72 Å². The predicted octanol–water partition coefficient (Wildman–Crippen LogP) is 2.04. The van der Waals surface area contributed by atoms with Gasteiger partial charge in [-0.3, -0.25) is 9.52 Å². The van der Waals surface area contributed by atoms with Crippen molar-refractivity contribution in [2.75, 3.05) is 42.2 Å². The lowest BCUT2D eigenvalue weighted by Crippen LogP contribution is -2.41. The Hall–Kier alpha value is -2.58. The fraction of sp³-hybridized carbons (Fsp3) is 0.316. The van der Waals surface area contributed by atoms with Gasteiger partial charge in [0.15, 0.2) is 0 Å². The molecule has 1 aliphatic rings. The first-order valence-electron chi connectivity index (χ1n) is 8.58. The van der Waals surface area contributed by atoms with E-state index in [0.717, 1.165) is 11.3 Å². The number of amides is 1. The average molecular weight is 390 g/mol. The van der Waals surface area contributed by atoms with Crippen molar-refractivity contribution in [1.29, 1.82) is 0 Å². The summed E-state index contributed by atoms with van der Waals surface area (Å²) in [6, 6.07) is 14.1. The van der Waals surface area contributed by atoms with Crippen LogP contribution in [0.25, 0.3) is 0 Å². The summed E-state index contributed by atoms with van der Waals surface area (Å²) in [7, 11) is -1.92. The van der Waals surface area contributed by atoms with Crippen LogP contribution in [0.2, 0.25) is 0 Å². The van der Waals surface area contributed by atoms with Gasteiger partial charge in [-0.1, -0.05) is 12.1 Å². The minimum absolute atomic E-state index is 0.0378. The van der Waals surface area contributed by atoms with E-state index in [1.807, 2.05) is 24.3 Å². The van der Waals surface area contributed by atoms with Gasteiger partial charge in [0.25, 0.3) is 5.91 Å². The van der Waals surface area contributed by atoms with Gasteiger partial charge in [0.2, 0.25) is 10.0 Å². The number of anilines is 2. The molecule has 0 atom stereocenters. The summed E-state index contributed by atoms with van der Waals surface area (Å²) in [4.78, 5) is 13.5. The number of hydrogen-bond donors (Lipinski definition) is 1. The van der Waals surface area contributed by atoms with Gasteiger partial charge >= 0.3 is 0 Å². The molecule has 144 valence electrons. The summed E-state index contributed by atoms with van der Waals surface area (Å²) < 4.78 is 37.5. The number of ether oxygens (including phenoxy) is 2. The Bertz CT molecular complexity index is 897. The minimum Gasteiger partial charge on any atom is -0.497 e. The molecule has 1 fully saturated rings. The number of nitrogens with one attached hydrogen (secondary N) is 1. The third-order valence-electron chi connectivity index (χ3n) is 4.23. The third-order valence-corrected chi connectivity index (χ3v) is 5.52. The molecule has 1 N–H and O–H groups in total. The number of methoxy groups -OCH3 is 1. The van der Waals surface area contributed by atoms with Crippen molar-refractivity contribution in [2.45, 2.75) is 6.42 Å². The second-order valence-electron chi connectivity index (χ2n) is 6.17. The molecule has 2 aromatic rings. The zero-order valence-corrected chi connectivity index (χ0v) is 15.9. The summed E-state index contributed by atoms with van der Waals surface area (Å²) in [6.45, 7) is 1.05. The van der Waals surface area contributed by atoms with E-state index in [1.54, 1.807) is 36.3 Å². The zero-order valence-electron chi connectivity index (χ0n) is 15.1. The molecular weight excluding hydrogens is 368 g/mol. The number of hydrogen-bond acceptors (Lipinski definition) is 5. The van der Waals surface area contributed by atoms with Gasteiger partial charge < -0.3 is 14.4 Å². The van der Waals surface area contributed by atoms with Crippen molar-refractivity contribution in [2.24, 2.45) is 0 Å². The molecule has 1 saturated heterocycles. The third kappa shape index (κ3) is 5.21. The Morgan fingerprint density at radius 1 is 1.19 bits per heavy atom. The average Bonchev–Trinajstić information content (AvgIpc) is 2.68. The number of morpholine rings is 1. The smallest absolute Gasteiger partial charge is 0.253 e. The zero-order chi connectivity index (χ0) is 19.3. The van der Waals surface area contributed by atoms with E-state index in [9.17, 15) is 13.2 Å². The van der Waals surface area contributed by atoms with Crippen LogP contribution in [0, 0.1) is 0 Å². The summed E-state index contributed by atoms with van der Waals surface area (Å²) in [6.07, 6.45) is 0.382. The van der Waals surface area contributed by atoms with Crippen LogP contribution in [0.15, 0.2) is 48.5 Å². The van der Waals surface area contributed by atoms with E-state index in [-0.39, 0.29) is 18.3 Å². The van der Waals surface area contributed by atoms with Crippen molar-refractivity contribution < 1.29 is 22.7 Å². The number of rotatable bonds is 7. The van der Waals surface area contributed by atoms with Gasteiger partial charge in [0, 0.05) is 17.9 Å². The highest BCUT2D eigenvalue weighted by atomic mass is 32.2. The first-order valence-corrected chi connectivity index (χ1v) is 10.2. The summed E-state index contributed by atoms with van der Waals surface area (Å²) in [5, 5.41) is 0. The quantitative estimate of drug-likeness (QED) is 0.782. The van der Waals surface area contributed by atoms with Crippen LogP contribution in [0.3, 0.4) is 0 Å². The molecule has 2 aromatic carbocycles. The largest absolute Gasteiger partial charge is 0.497 e. The highest BCUT2D eigenvalue weighted by Crippen LogP contribution is 2.21. The standard InChI is InChI=1S/C19H22N2O5S/c1-25-18-4-2-3-15(13-18)9-12-27(23,24)20-16-5-7-17(8-6-16)21-10-11-26-14-19(21)22/h2-8,13,20H,9-12,14H2,1H3. The van der Waals surface area contributed by atoms with Gasteiger partial charge in [-0.15, -0.1) is 0 Å². The minimum atomic E-state index is -3.49. The van der Waals surface area contributed by atoms with Crippen molar-refractivity contribution in [3.05, 3.63) is 54.1 Å². The normalized spacial score (nSPS) is 14.9. The highest BCUT2D eigenvalue weighted by molar-refractivity contribution is 7.92. The van der Waals surface area contributed by atoms with Crippen LogP contribution in [-0.4, -0.2) is 46.9 Å². The Kier molecular flexibility index (Phi) is 5.98. The lowest BCUT2D eigenvalue weighted by molar-refractivity contribution is -0.125. The molecule has 1 heterocycles. The second-order valence-corrected chi connectivity index (χ2v) is 8.01. The molecule has 0 bridgehead atoms. The highest BCUT2D eigenvalue weighted by Gasteiger charge is 2.20. The number of carbonyl (C=O) groups is 1. The molecule has 0 spiro atoms. The van der Waals surface area contributed by atoms with E-state index in [4.69, 9.17) is 9.47 Å². The Morgan fingerprint density at radius 2 is 1.96 bits per heavy atom. The maximum atomic E-state index is 12.3. The maximum Gasteiger partial charge on any atom is 0.253 e. The lowest BCUT2D eigenvalue weighted by Gasteiger charge is -2.26. The van der Waals surface area contributed by atoms with Gasteiger partial charge in [-0.05, 0) is 48.4 Å². The molecule has 0 unspecified atom stereocenters. The molecule has 1 aliphatic heterocycles. The number of benzene rings is 2. The van der Waals surface area contributed by atoms with Crippen LogP contribution in [-0.2, 0) is 26.0 Å². The topological polar surface area (TPSA) is 84.9 Å². The fourth-order valence-electron chi connectivity index (χ4n) is 2.81. The molecule has 0 saturated carbocycles. The van der Waals surface area contributed by atoms with Crippen LogP contribution < -0.4 is 14.4 Å². The summed E-state index contributed by atoms with van der Waals surface area (Å²) in [5.41, 5.74) is 2.08. The fourth-order valence-corrected chi connectivity index (χ4v) is 3.91. The molecule has 8 heteroatoms. The van der Waals surface area contributed by atoms with Crippen LogP contribution >= 0.6 is 0 Å². The van der Waals surface area contributed by atoms with Gasteiger partial charge in [-0.25, -0.2) is 8.42 Å². The molecule has 3 rings (SSSR count). The molecule has 27 heavy (non-hydrogen) atoms. The Balaban J connectivity index is 1.60. The van der Waals surface area contributed by atoms with Crippen molar-refractivity contribution >= 4 is 27.3 Å². The van der Waals surface area contributed by atoms with Crippen molar-refractivity contribution in [3.8, 4) is 5.75 Å². The molecule has 0 radical (unpaired) electrons. The predicted molar refractivity (Wildman–Crippen MR) is 104 cm³/mol. The SMILES string of the molecule is COc1cccc(CCS(=O)(=O)Nc2ccc(N3CCOCC3=O)cc2)c1. The molecule has 0 aromatic heterocycles. The number of aryl methyl sites for hydroxylation is 1. The number of carbonyl (C=O) groups excluding carboxylic acids is 1. The van der Waals surface area contributed by atoms with Crippen LogP contribution in [0.1, 0.15) is 5.56 Å². The number of nitrogens with zero attached hydrogens (tertiary/aromatic N) is 1. The first kappa shape index (κ1) is 19.2. The first-order chi connectivity index (χ1) is 13.0. The van der Waals surface area contributed by atoms with E-state index < -0.39 is 10.0 Å². The molecule has 1 amide bonds. The van der Waals surface area contributed by atoms with E-state index in [0.29, 0.717) is 31.0 Å². The molecular formula is C19H22N2O5S. The van der Waals surface area contributed by atoms with Crippen molar-refractivity contribution in [1.82, 2.24) is 0 Å². The number of sulfonamides is 1. The van der Waals surface area contributed by atoms with Gasteiger partial charge in [0.1, 0.15) is 12.4 Å². The van der Waals surface area contributed by atoms with E-state index >= 15 is 0 Å². The Morgan fingerprint density at radius 3 is 2.67 bits per heavy atom. The molecule has 0 aliphatic carbocycles. The van der Waals surface area contributed by atoms with Gasteiger partial charge in [0.05, 0.1) is 19.5 Å². The van der Waals surface area contributed by atoms with Crippen LogP contribution in [0.5, 0.6) is 5.75 Å². The monoisotopic (exact) mass is 390 g/mol. The van der Waals surface area contributed by atoms with Gasteiger partial charge in [-0.2, -0.15) is 0 Å². The second kappa shape index (κ2) is 8.41. The van der Waals surface area contributed by atoms with Crippen LogP contribution in [0.4, 0.5) is 11.4 Å². The summed E-state index contributed by atoms with van der Waals surface area (Å²) >= 11 is 0. The van der Waals surface area contributed by atoms with Crippen molar-refractivity contribution in [3.63, 3.8) is 0 Å². The summed E-state index contributed by atoms with van der Waals surface area (Å²) in [5.74, 6) is 0.558.